The summed E-state index contributed by atoms with van der Waals surface area (Å²) in [5, 5.41) is 0.555. The average molecular weight is 582 g/mol. The van der Waals surface area contributed by atoms with E-state index in [4.69, 9.17) is 14.1 Å². The Balaban J connectivity index is 1.21. The molecule has 5 aromatic rings. The van der Waals surface area contributed by atoms with E-state index >= 15 is 0 Å². The summed E-state index contributed by atoms with van der Waals surface area (Å²) in [6, 6.07) is 17.0. The zero-order chi connectivity index (χ0) is 30.5. The molecule has 2 amide bonds. The number of fused-ring (bicyclic) bond motifs is 3. The van der Waals surface area contributed by atoms with Crippen molar-refractivity contribution in [1.82, 2.24) is 14.1 Å². The number of furan rings is 1. The number of rotatable bonds is 8. The fourth-order valence-electron chi connectivity index (χ4n) is 5.86. The van der Waals surface area contributed by atoms with Crippen LogP contribution in [0.2, 0.25) is 0 Å². The van der Waals surface area contributed by atoms with Crippen molar-refractivity contribution in [3.8, 4) is 5.75 Å². The highest BCUT2D eigenvalue weighted by Crippen LogP contribution is 2.40. The summed E-state index contributed by atoms with van der Waals surface area (Å²) in [6.07, 6.45) is 2.43. The molecule has 43 heavy (non-hydrogen) atoms. The summed E-state index contributed by atoms with van der Waals surface area (Å²) in [7, 11) is 1.70. The van der Waals surface area contributed by atoms with Gasteiger partial charge < -0.3 is 28.1 Å². The van der Waals surface area contributed by atoms with Crippen molar-refractivity contribution in [3.05, 3.63) is 82.7 Å². The lowest BCUT2D eigenvalue weighted by molar-refractivity contribution is -0.137. The second-order valence-corrected chi connectivity index (χ2v) is 11.4. The number of nitrogens with zero attached hydrogens (tertiary/aromatic N) is 5. The number of para-hydroxylation sites is 2. The molecule has 6 rings (SSSR count). The Morgan fingerprint density at radius 2 is 1.77 bits per heavy atom. The third-order valence-corrected chi connectivity index (χ3v) is 8.16. The zero-order valence-electron chi connectivity index (χ0n) is 25.1. The van der Waals surface area contributed by atoms with Crippen molar-refractivity contribution in [1.29, 1.82) is 0 Å². The monoisotopic (exact) mass is 581 g/mol. The number of carbonyl (C=O) groups is 2. The van der Waals surface area contributed by atoms with Crippen LogP contribution in [0, 0.1) is 12.3 Å². The number of benzene rings is 2. The highest BCUT2D eigenvalue weighted by molar-refractivity contribution is 6.20. The van der Waals surface area contributed by atoms with Crippen molar-refractivity contribution in [2.75, 3.05) is 30.0 Å². The molecule has 4 heterocycles. The fraction of sp³-hybridized carbons (Fsp3) is 0.333. The van der Waals surface area contributed by atoms with Crippen LogP contribution in [-0.2, 0) is 22.7 Å². The van der Waals surface area contributed by atoms with Gasteiger partial charge in [0, 0.05) is 32.4 Å². The summed E-state index contributed by atoms with van der Waals surface area (Å²) in [6.45, 7) is 8.90. The number of amides is 2. The van der Waals surface area contributed by atoms with Crippen LogP contribution in [0.5, 0.6) is 5.75 Å². The van der Waals surface area contributed by atoms with Crippen LogP contribution < -0.4 is 20.1 Å². The average Bonchev–Trinajstić information content (AvgIpc) is 3.54. The summed E-state index contributed by atoms with van der Waals surface area (Å²) < 4.78 is 15.5. The lowest BCUT2D eigenvalue weighted by atomic mass is 9.90. The molecule has 1 aliphatic rings. The van der Waals surface area contributed by atoms with Crippen LogP contribution in [0.15, 0.2) is 70.0 Å². The number of anilines is 2. The maximum absolute atomic E-state index is 13.2. The molecular weight excluding hydrogens is 546 g/mol. The number of imidazole rings is 1. The maximum Gasteiger partial charge on any atom is 0.262 e. The van der Waals surface area contributed by atoms with E-state index < -0.39 is 5.41 Å². The molecule has 0 saturated carbocycles. The van der Waals surface area contributed by atoms with Gasteiger partial charge in [-0.2, -0.15) is 0 Å². The van der Waals surface area contributed by atoms with Gasteiger partial charge in [0.1, 0.15) is 28.3 Å². The van der Waals surface area contributed by atoms with Gasteiger partial charge in [0.25, 0.3) is 5.56 Å². The van der Waals surface area contributed by atoms with Crippen LogP contribution in [-0.4, -0.2) is 46.1 Å². The van der Waals surface area contributed by atoms with Crippen LogP contribution in [0.3, 0.4) is 0 Å². The molecule has 10 heteroatoms. The molecule has 0 spiro atoms. The quantitative estimate of drug-likeness (QED) is 0.186. The summed E-state index contributed by atoms with van der Waals surface area (Å²) in [5.74, 6) is 1.62. The first-order chi connectivity index (χ1) is 20.6. The minimum Gasteiger partial charge on any atom is -0.493 e. The van der Waals surface area contributed by atoms with Crippen molar-refractivity contribution < 1.29 is 18.7 Å². The van der Waals surface area contributed by atoms with Gasteiger partial charge in [0.15, 0.2) is 0 Å². The van der Waals surface area contributed by atoms with E-state index in [0.717, 1.165) is 16.9 Å². The summed E-state index contributed by atoms with van der Waals surface area (Å²) in [4.78, 5) is 47.5. The second kappa shape index (κ2) is 10.8. The Labute approximate surface area is 249 Å². The number of ether oxygens (including phenoxy) is 1. The standard InChI is InChI=1S/C33H35N5O5/c1-6-37-26-13-12-22(19-27(26)35(5)31(40)33(3,4)32(37)41)42-17-9-15-38-25-11-8-7-10-24(25)34-29(38)20-36-16-14-28-23(30(36)39)18-21(2)43-28/h7-8,10-14,16,18-19H,6,9,15,17,20H2,1-5H3. The van der Waals surface area contributed by atoms with Crippen LogP contribution in [0.1, 0.15) is 38.8 Å². The molecule has 10 nitrogen and oxygen atoms in total. The van der Waals surface area contributed by atoms with E-state index in [1.54, 1.807) is 47.5 Å². The highest BCUT2D eigenvalue weighted by Gasteiger charge is 2.45. The molecule has 222 valence electrons. The maximum atomic E-state index is 13.2. The van der Waals surface area contributed by atoms with Gasteiger partial charge in [0.05, 0.1) is 40.9 Å². The molecule has 1 aliphatic heterocycles. The lowest BCUT2D eigenvalue weighted by Gasteiger charge is -2.27. The number of carbonyl (C=O) groups excluding carboxylic acids is 2. The minimum absolute atomic E-state index is 0.116. The van der Waals surface area contributed by atoms with Gasteiger partial charge >= 0.3 is 0 Å². The molecule has 0 bridgehead atoms. The first kappa shape index (κ1) is 28.3. The fourth-order valence-corrected chi connectivity index (χ4v) is 5.86. The molecule has 0 saturated heterocycles. The Morgan fingerprint density at radius 3 is 2.56 bits per heavy atom. The molecule has 0 unspecified atom stereocenters. The van der Waals surface area contributed by atoms with Gasteiger partial charge in [-0.05, 0) is 70.5 Å². The smallest absolute Gasteiger partial charge is 0.262 e. The number of hydrogen-bond donors (Lipinski definition) is 0. The predicted molar refractivity (Wildman–Crippen MR) is 166 cm³/mol. The molecule has 2 aromatic carbocycles. The third-order valence-electron chi connectivity index (χ3n) is 8.16. The number of hydrogen-bond acceptors (Lipinski definition) is 6. The first-order valence-electron chi connectivity index (χ1n) is 14.5. The molecular formula is C33H35N5O5. The van der Waals surface area contributed by atoms with E-state index in [-0.39, 0.29) is 17.4 Å². The zero-order valence-corrected chi connectivity index (χ0v) is 25.1. The van der Waals surface area contributed by atoms with Gasteiger partial charge in [-0.3, -0.25) is 14.4 Å². The predicted octanol–water partition coefficient (Wildman–Crippen LogP) is 5.13. The van der Waals surface area contributed by atoms with E-state index in [2.05, 4.69) is 4.57 Å². The lowest BCUT2D eigenvalue weighted by Crippen LogP contribution is -2.47. The molecule has 3 aromatic heterocycles. The Kier molecular flexibility index (Phi) is 7.07. The first-order valence-corrected chi connectivity index (χ1v) is 14.5. The Hall–Kier alpha value is -4.86. The van der Waals surface area contributed by atoms with Gasteiger partial charge in [-0.25, -0.2) is 4.98 Å². The van der Waals surface area contributed by atoms with E-state index in [1.165, 1.54) is 0 Å². The van der Waals surface area contributed by atoms with E-state index in [0.29, 0.717) is 66.5 Å². The molecule has 0 aliphatic carbocycles. The SMILES string of the molecule is CCN1C(=O)C(C)(C)C(=O)N(C)c2cc(OCCCn3c(Cn4ccc5oc(C)cc5c4=O)nc4ccccc43)ccc21. The van der Waals surface area contributed by atoms with Gasteiger partial charge in [-0.1, -0.05) is 12.1 Å². The normalized spacial score (nSPS) is 14.9. The molecule has 0 fully saturated rings. The van der Waals surface area contributed by atoms with E-state index in [9.17, 15) is 14.4 Å². The number of aromatic nitrogens is 3. The summed E-state index contributed by atoms with van der Waals surface area (Å²) >= 11 is 0. The Bertz CT molecular complexity index is 1930. The number of pyridine rings is 1. The van der Waals surface area contributed by atoms with E-state index in [1.807, 2.05) is 62.4 Å². The Morgan fingerprint density at radius 1 is 0.977 bits per heavy atom. The van der Waals surface area contributed by atoms with Crippen molar-refractivity contribution in [3.63, 3.8) is 0 Å². The third kappa shape index (κ3) is 4.86. The molecule has 0 N–H and O–H groups in total. The van der Waals surface area contributed by atoms with Crippen LogP contribution >= 0.6 is 0 Å². The number of aryl methyl sites for hydroxylation is 2. The summed E-state index contributed by atoms with van der Waals surface area (Å²) in [5.41, 5.74) is 2.48. The van der Waals surface area contributed by atoms with Gasteiger partial charge in [0.2, 0.25) is 11.8 Å². The van der Waals surface area contributed by atoms with Crippen molar-refractivity contribution >= 4 is 45.2 Å². The second-order valence-electron chi connectivity index (χ2n) is 11.4. The minimum atomic E-state index is -1.16. The van der Waals surface area contributed by atoms with Crippen LogP contribution in [0.25, 0.3) is 22.0 Å². The molecule has 0 radical (unpaired) electrons. The topological polar surface area (TPSA) is 103 Å². The largest absolute Gasteiger partial charge is 0.493 e. The van der Waals surface area contributed by atoms with Crippen LogP contribution in [0.4, 0.5) is 11.4 Å². The van der Waals surface area contributed by atoms with Crippen molar-refractivity contribution in [2.24, 2.45) is 5.41 Å². The van der Waals surface area contributed by atoms with Crippen molar-refractivity contribution in [2.45, 2.75) is 47.2 Å². The van der Waals surface area contributed by atoms with Gasteiger partial charge in [-0.15, -0.1) is 0 Å². The molecule has 0 atom stereocenters. The highest BCUT2D eigenvalue weighted by atomic mass is 16.5.